The predicted molar refractivity (Wildman–Crippen MR) is 75.9 cm³/mol. The molecule has 0 radical (unpaired) electrons. The lowest BCUT2D eigenvalue weighted by Crippen LogP contribution is -2.46. The van der Waals surface area contributed by atoms with Crippen LogP contribution in [0, 0.1) is 5.92 Å². The summed E-state index contributed by atoms with van der Waals surface area (Å²) in [5, 5.41) is 9.06. The molecule has 0 bridgehead atoms. The fourth-order valence-electron chi connectivity index (χ4n) is 2.44. The van der Waals surface area contributed by atoms with Gasteiger partial charge in [0.2, 0.25) is 10.0 Å². The Balaban J connectivity index is 2.01. The number of sulfonamides is 1. The van der Waals surface area contributed by atoms with Gasteiger partial charge in [0.1, 0.15) is 6.04 Å². The van der Waals surface area contributed by atoms with Gasteiger partial charge in [-0.05, 0) is 30.9 Å². The summed E-state index contributed by atoms with van der Waals surface area (Å²) < 4.78 is 26.7. The van der Waals surface area contributed by atoms with Gasteiger partial charge in [0.15, 0.2) is 0 Å². The van der Waals surface area contributed by atoms with Crippen molar-refractivity contribution >= 4 is 27.8 Å². The molecular formula is C13H15NO4S2. The van der Waals surface area contributed by atoms with Crippen LogP contribution in [0.3, 0.4) is 0 Å². The topological polar surface area (TPSA) is 74.7 Å². The molecule has 7 heteroatoms. The zero-order chi connectivity index (χ0) is 14.3. The van der Waals surface area contributed by atoms with Gasteiger partial charge in [-0.15, -0.1) is 11.8 Å². The van der Waals surface area contributed by atoms with Crippen LogP contribution in [0.2, 0.25) is 0 Å². The van der Waals surface area contributed by atoms with E-state index in [1.54, 1.807) is 18.2 Å². The molecule has 1 aliphatic carbocycles. The number of thioether (sulfide) groups is 1. The molecule has 1 aliphatic heterocycles. The van der Waals surface area contributed by atoms with Gasteiger partial charge in [0.05, 0.1) is 10.3 Å². The fraction of sp³-hybridized carbons (Fsp3) is 0.462. The second-order valence-corrected chi connectivity index (χ2v) is 8.06. The highest BCUT2D eigenvalue weighted by molar-refractivity contribution is 8.01. The SMILES string of the molecule is O=C(O)C1CSC(C2CC2)N1S(=O)(=O)c1ccccc1. The zero-order valence-corrected chi connectivity index (χ0v) is 12.3. The van der Waals surface area contributed by atoms with Crippen LogP contribution in [0.1, 0.15) is 12.8 Å². The Labute approximate surface area is 122 Å². The Bertz CT molecular complexity index is 613. The van der Waals surface area contributed by atoms with Crippen molar-refractivity contribution in [3.63, 3.8) is 0 Å². The molecule has 1 aromatic rings. The Morgan fingerprint density at radius 2 is 1.90 bits per heavy atom. The van der Waals surface area contributed by atoms with Crippen molar-refractivity contribution in [2.75, 3.05) is 5.75 Å². The van der Waals surface area contributed by atoms with E-state index in [0.29, 0.717) is 11.7 Å². The van der Waals surface area contributed by atoms with Crippen molar-refractivity contribution in [2.45, 2.75) is 29.2 Å². The molecule has 0 aromatic heterocycles. The molecule has 2 aliphatic rings. The number of rotatable bonds is 4. The summed E-state index contributed by atoms with van der Waals surface area (Å²) in [6.45, 7) is 0. The molecule has 1 aromatic carbocycles. The summed E-state index contributed by atoms with van der Waals surface area (Å²) in [7, 11) is -3.76. The number of hydrogen-bond acceptors (Lipinski definition) is 4. The minimum absolute atomic E-state index is 0.166. The normalized spacial score (nSPS) is 27.6. The zero-order valence-electron chi connectivity index (χ0n) is 10.7. The number of carboxylic acids is 1. The van der Waals surface area contributed by atoms with Crippen LogP contribution < -0.4 is 0 Å². The van der Waals surface area contributed by atoms with E-state index >= 15 is 0 Å². The molecule has 1 N–H and O–H groups in total. The van der Waals surface area contributed by atoms with Crippen LogP contribution in [0.15, 0.2) is 35.2 Å². The summed E-state index contributed by atoms with van der Waals surface area (Å²) in [5.41, 5.74) is 0. The monoisotopic (exact) mass is 313 g/mol. The molecule has 108 valence electrons. The third kappa shape index (κ3) is 2.34. The second kappa shape index (κ2) is 5.05. The standard InChI is InChI=1S/C13H15NO4S2/c15-13(16)11-8-19-12(9-6-7-9)14(11)20(17,18)10-4-2-1-3-5-10/h1-5,9,11-12H,6-8H2,(H,15,16). The molecule has 1 heterocycles. The molecular weight excluding hydrogens is 298 g/mol. The molecule has 0 amide bonds. The molecule has 2 fully saturated rings. The summed E-state index contributed by atoms with van der Waals surface area (Å²) in [5.74, 6) is -0.453. The average molecular weight is 313 g/mol. The molecule has 0 spiro atoms. The van der Waals surface area contributed by atoms with Crippen molar-refractivity contribution in [1.82, 2.24) is 4.31 Å². The summed E-state index contributed by atoms with van der Waals surface area (Å²) in [6, 6.07) is 7.11. The van der Waals surface area contributed by atoms with E-state index in [-0.39, 0.29) is 10.3 Å². The highest BCUT2D eigenvalue weighted by atomic mass is 32.2. The van der Waals surface area contributed by atoms with E-state index in [0.717, 1.165) is 12.8 Å². The van der Waals surface area contributed by atoms with E-state index in [1.807, 2.05) is 0 Å². The fourth-order valence-corrected chi connectivity index (χ4v) is 6.27. The smallest absolute Gasteiger partial charge is 0.322 e. The lowest BCUT2D eigenvalue weighted by molar-refractivity contribution is -0.140. The van der Waals surface area contributed by atoms with Crippen LogP contribution in [0.25, 0.3) is 0 Å². The number of benzene rings is 1. The van der Waals surface area contributed by atoms with E-state index in [2.05, 4.69) is 0 Å². The van der Waals surface area contributed by atoms with Crippen LogP contribution in [0.4, 0.5) is 0 Å². The highest BCUT2D eigenvalue weighted by Crippen LogP contribution is 2.47. The number of carbonyl (C=O) groups is 1. The molecule has 3 rings (SSSR count). The van der Waals surface area contributed by atoms with Gasteiger partial charge in [0, 0.05) is 5.75 Å². The molecule has 2 atom stereocenters. The minimum Gasteiger partial charge on any atom is -0.480 e. The minimum atomic E-state index is -3.76. The number of carboxylic acid groups (broad SMARTS) is 1. The van der Waals surface area contributed by atoms with Gasteiger partial charge in [-0.25, -0.2) is 8.42 Å². The Morgan fingerprint density at radius 1 is 1.25 bits per heavy atom. The van der Waals surface area contributed by atoms with Crippen LogP contribution in [-0.4, -0.2) is 41.0 Å². The number of hydrogen-bond donors (Lipinski definition) is 1. The van der Waals surface area contributed by atoms with Crippen LogP contribution in [-0.2, 0) is 14.8 Å². The molecule has 1 saturated heterocycles. The third-order valence-corrected chi connectivity index (χ3v) is 7.11. The van der Waals surface area contributed by atoms with Crippen molar-refractivity contribution in [1.29, 1.82) is 0 Å². The first-order valence-corrected chi connectivity index (χ1v) is 8.93. The first-order chi connectivity index (χ1) is 9.51. The molecule has 2 unspecified atom stereocenters. The Hall–Kier alpha value is -1.05. The Kier molecular flexibility index (Phi) is 3.51. The van der Waals surface area contributed by atoms with E-state index in [1.165, 1.54) is 28.2 Å². The largest absolute Gasteiger partial charge is 0.480 e. The maximum Gasteiger partial charge on any atom is 0.322 e. The predicted octanol–water partition coefficient (Wildman–Crippen LogP) is 1.61. The Morgan fingerprint density at radius 3 is 2.45 bits per heavy atom. The lowest BCUT2D eigenvalue weighted by Gasteiger charge is -2.26. The van der Waals surface area contributed by atoms with E-state index in [9.17, 15) is 18.3 Å². The van der Waals surface area contributed by atoms with Crippen molar-refractivity contribution < 1.29 is 18.3 Å². The second-order valence-electron chi connectivity index (χ2n) is 5.06. The molecule has 20 heavy (non-hydrogen) atoms. The summed E-state index contributed by atoms with van der Waals surface area (Å²) >= 11 is 1.44. The van der Waals surface area contributed by atoms with E-state index < -0.39 is 22.0 Å². The first kappa shape index (κ1) is 13.9. The number of aliphatic carboxylic acids is 1. The average Bonchev–Trinajstić information content (AvgIpc) is 3.17. The van der Waals surface area contributed by atoms with Crippen molar-refractivity contribution in [3.05, 3.63) is 30.3 Å². The van der Waals surface area contributed by atoms with Crippen molar-refractivity contribution in [2.24, 2.45) is 5.92 Å². The molecule has 1 saturated carbocycles. The van der Waals surface area contributed by atoms with E-state index in [4.69, 9.17) is 0 Å². The molecule has 5 nitrogen and oxygen atoms in total. The van der Waals surface area contributed by atoms with Gasteiger partial charge >= 0.3 is 5.97 Å². The third-order valence-electron chi connectivity index (χ3n) is 3.61. The van der Waals surface area contributed by atoms with Gasteiger partial charge in [-0.1, -0.05) is 18.2 Å². The van der Waals surface area contributed by atoms with Gasteiger partial charge in [-0.2, -0.15) is 4.31 Å². The van der Waals surface area contributed by atoms with Gasteiger partial charge < -0.3 is 5.11 Å². The highest BCUT2D eigenvalue weighted by Gasteiger charge is 2.51. The maximum atomic E-state index is 12.7. The quantitative estimate of drug-likeness (QED) is 0.914. The van der Waals surface area contributed by atoms with Crippen molar-refractivity contribution in [3.8, 4) is 0 Å². The maximum absolute atomic E-state index is 12.7. The summed E-state index contributed by atoms with van der Waals surface area (Å²) in [6.07, 6.45) is 1.95. The van der Waals surface area contributed by atoms with Crippen LogP contribution in [0.5, 0.6) is 0 Å². The summed E-state index contributed by atoms with van der Waals surface area (Å²) in [4.78, 5) is 11.5. The lowest BCUT2D eigenvalue weighted by atomic mass is 10.3. The van der Waals surface area contributed by atoms with Gasteiger partial charge in [0.25, 0.3) is 0 Å². The first-order valence-electron chi connectivity index (χ1n) is 6.45. The van der Waals surface area contributed by atoms with Gasteiger partial charge in [-0.3, -0.25) is 4.79 Å². The number of nitrogens with zero attached hydrogens (tertiary/aromatic N) is 1. The van der Waals surface area contributed by atoms with Crippen LogP contribution >= 0.6 is 11.8 Å².